The first kappa shape index (κ1) is 13.9. The largest absolute Gasteiger partial charge is 0.481 e. The molecule has 0 radical (unpaired) electrons. The molecule has 1 aromatic rings. The molecule has 0 saturated carbocycles. The highest BCUT2D eigenvalue weighted by Gasteiger charge is 2.23. The van der Waals surface area contributed by atoms with E-state index >= 15 is 0 Å². The van der Waals surface area contributed by atoms with E-state index < -0.39 is 0 Å². The van der Waals surface area contributed by atoms with Crippen molar-refractivity contribution in [3.05, 3.63) is 6.07 Å². The van der Waals surface area contributed by atoms with Gasteiger partial charge in [-0.25, -0.2) is 0 Å². The Morgan fingerprint density at radius 1 is 1.26 bits per heavy atom. The molecule has 0 bridgehead atoms. The maximum Gasteiger partial charge on any atom is 0.229 e. The van der Waals surface area contributed by atoms with E-state index in [1.807, 2.05) is 0 Å². The van der Waals surface area contributed by atoms with Gasteiger partial charge in [-0.2, -0.15) is 9.97 Å². The second-order valence-corrected chi connectivity index (χ2v) is 4.97. The van der Waals surface area contributed by atoms with E-state index in [0.717, 1.165) is 19.4 Å². The van der Waals surface area contributed by atoms with Crippen LogP contribution >= 0.6 is 0 Å². The summed E-state index contributed by atoms with van der Waals surface area (Å²) in [6.07, 6.45) is 2.17. The number of piperidine rings is 1. The van der Waals surface area contributed by atoms with Crippen LogP contribution in [0.25, 0.3) is 0 Å². The molecule has 2 unspecified atom stereocenters. The van der Waals surface area contributed by atoms with Crippen molar-refractivity contribution < 1.29 is 9.47 Å². The molecule has 6 heteroatoms. The van der Waals surface area contributed by atoms with Crippen LogP contribution in [0.4, 0.5) is 5.95 Å². The molecule has 2 atom stereocenters. The molecule has 106 valence electrons. The fourth-order valence-corrected chi connectivity index (χ4v) is 2.28. The van der Waals surface area contributed by atoms with Crippen molar-refractivity contribution in [1.82, 2.24) is 14.9 Å². The third-order valence-electron chi connectivity index (χ3n) is 3.64. The molecule has 2 rings (SSSR count). The monoisotopic (exact) mass is 266 g/mol. The summed E-state index contributed by atoms with van der Waals surface area (Å²) < 4.78 is 10.3. The van der Waals surface area contributed by atoms with Gasteiger partial charge in [-0.05, 0) is 26.8 Å². The van der Waals surface area contributed by atoms with E-state index in [0.29, 0.717) is 29.8 Å². The van der Waals surface area contributed by atoms with E-state index in [9.17, 15) is 0 Å². The SMILES string of the molecule is COc1cc(OC)nc(NC2CCN(C)C(C)C2)n1. The Kier molecular flexibility index (Phi) is 4.42. The highest BCUT2D eigenvalue weighted by molar-refractivity contribution is 5.34. The fourth-order valence-electron chi connectivity index (χ4n) is 2.28. The Labute approximate surface area is 114 Å². The third kappa shape index (κ3) is 3.47. The Hall–Kier alpha value is -1.56. The van der Waals surface area contributed by atoms with Crippen molar-refractivity contribution in [2.45, 2.75) is 31.8 Å². The summed E-state index contributed by atoms with van der Waals surface area (Å²) in [5.74, 6) is 1.59. The molecule has 0 spiro atoms. The summed E-state index contributed by atoms with van der Waals surface area (Å²) in [7, 11) is 5.33. The number of nitrogens with one attached hydrogen (secondary N) is 1. The van der Waals surface area contributed by atoms with Gasteiger partial charge in [0.15, 0.2) is 0 Å². The van der Waals surface area contributed by atoms with Crippen LogP contribution in [0.5, 0.6) is 11.8 Å². The standard InChI is InChI=1S/C13H22N4O2/c1-9-7-10(5-6-17(9)2)14-13-15-11(18-3)8-12(16-13)19-4/h8-10H,5-7H2,1-4H3,(H,14,15,16). The Morgan fingerprint density at radius 3 is 2.42 bits per heavy atom. The van der Waals surface area contributed by atoms with Gasteiger partial charge in [0.05, 0.1) is 20.3 Å². The maximum absolute atomic E-state index is 5.15. The van der Waals surface area contributed by atoms with Crippen molar-refractivity contribution in [1.29, 1.82) is 0 Å². The van der Waals surface area contributed by atoms with Crippen LogP contribution in [0.3, 0.4) is 0 Å². The van der Waals surface area contributed by atoms with Crippen LogP contribution in [0.15, 0.2) is 6.07 Å². The second kappa shape index (κ2) is 6.06. The minimum Gasteiger partial charge on any atom is -0.481 e. The first-order chi connectivity index (χ1) is 9.12. The van der Waals surface area contributed by atoms with Gasteiger partial charge < -0.3 is 19.7 Å². The van der Waals surface area contributed by atoms with Crippen molar-refractivity contribution in [2.75, 3.05) is 33.1 Å². The van der Waals surface area contributed by atoms with Gasteiger partial charge in [-0.1, -0.05) is 0 Å². The summed E-state index contributed by atoms with van der Waals surface area (Å²) in [6.45, 7) is 3.32. The number of methoxy groups -OCH3 is 2. The summed E-state index contributed by atoms with van der Waals surface area (Å²) in [5.41, 5.74) is 0. The molecule has 1 aliphatic rings. The average molecular weight is 266 g/mol. The van der Waals surface area contributed by atoms with Crippen molar-refractivity contribution in [2.24, 2.45) is 0 Å². The quantitative estimate of drug-likeness (QED) is 0.888. The van der Waals surface area contributed by atoms with Crippen LogP contribution in [0.2, 0.25) is 0 Å². The predicted octanol–water partition coefficient (Wildman–Crippen LogP) is 1.39. The molecule has 0 amide bonds. The molecule has 19 heavy (non-hydrogen) atoms. The molecule has 0 aliphatic carbocycles. The van der Waals surface area contributed by atoms with Crippen LogP contribution in [0, 0.1) is 0 Å². The zero-order valence-corrected chi connectivity index (χ0v) is 12.0. The number of hydrogen-bond donors (Lipinski definition) is 1. The molecule has 1 aromatic heterocycles. The number of hydrogen-bond acceptors (Lipinski definition) is 6. The van der Waals surface area contributed by atoms with Crippen molar-refractivity contribution in [3.8, 4) is 11.8 Å². The summed E-state index contributed by atoms with van der Waals surface area (Å²) >= 11 is 0. The van der Waals surface area contributed by atoms with E-state index in [2.05, 4.69) is 34.2 Å². The van der Waals surface area contributed by atoms with Crippen molar-refractivity contribution in [3.63, 3.8) is 0 Å². The highest BCUT2D eigenvalue weighted by Crippen LogP contribution is 2.21. The Bertz CT molecular complexity index is 405. The summed E-state index contributed by atoms with van der Waals surface area (Å²) in [4.78, 5) is 11.0. The zero-order chi connectivity index (χ0) is 13.8. The van der Waals surface area contributed by atoms with Crippen LogP contribution in [-0.4, -0.2) is 54.8 Å². The highest BCUT2D eigenvalue weighted by atomic mass is 16.5. The first-order valence-electron chi connectivity index (χ1n) is 6.56. The number of nitrogens with zero attached hydrogens (tertiary/aromatic N) is 3. The average Bonchev–Trinajstić information content (AvgIpc) is 2.42. The topological polar surface area (TPSA) is 59.5 Å². The van der Waals surface area contributed by atoms with Gasteiger partial charge in [0, 0.05) is 18.6 Å². The van der Waals surface area contributed by atoms with Gasteiger partial charge in [-0.15, -0.1) is 0 Å². The minimum atomic E-state index is 0.392. The number of anilines is 1. The van der Waals surface area contributed by atoms with Gasteiger partial charge in [-0.3, -0.25) is 0 Å². The zero-order valence-electron chi connectivity index (χ0n) is 12.0. The van der Waals surface area contributed by atoms with Gasteiger partial charge in [0.1, 0.15) is 0 Å². The van der Waals surface area contributed by atoms with E-state index in [1.165, 1.54) is 0 Å². The van der Waals surface area contributed by atoms with Gasteiger partial charge >= 0.3 is 0 Å². The molecule has 1 N–H and O–H groups in total. The number of rotatable bonds is 4. The minimum absolute atomic E-state index is 0.392. The lowest BCUT2D eigenvalue weighted by Gasteiger charge is -2.35. The normalized spacial score (nSPS) is 24.0. The van der Waals surface area contributed by atoms with Gasteiger partial charge in [0.25, 0.3) is 0 Å². The number of aromatic nitrogens is 2. The number of ether oxygens (including phenoxy) is 2. The molecule has 2 heterocycles. The van der Waals surface area contributed by atoms with E-state index in [-0.39, 0.29) is 0 Å². The second-order valence-electron chi connectivity index (χ2n) is 4.97. The molecule has 1 fully saturated rings. The smallest absolute Gasteiger partial charge is 0.229 e. The lowest BCUT2D eigenvalue weighted by Crippen LogP contribution is -2.42. The predicted molar refractivity (Wildman–Crippen MR) is 73.9 cm³/mol. The maximum atomic E-state index is 5.15. The number of likely N-dealkylation sites (tertiary alicyclic amines) is 1. The van der Waals surface area contributed by atoms with Crippen LogP contribution < -0.4 is 14.8 Å². The molecular weight excluding hydrogens is 244 g/mol. The van der Waals surface area contributed by atoms with Gasteiger partial charge in [0.2, 0.25) is 17.7 Å². The van der Waals surface area contributed by atoms with E-state index in [1.54, 1.807) is 20.3 Å². The lowest BCUT2D eigenvalue weighted by atomic mass is 9.99. The fraction of sp³-hybridized carbons (Fsp3) is 0.692. The summed E-state index contributed by atoms with van der Waals surface area (Å²) in [6, 6.07) is 2.63. The molecule has 0 aromatic carbocycles. The van der Waals surface area contributed by atoms with Crippen LogP contribution in [0.1, 0.15) is 19.8 Å². The third-order valence-corrected chi connectivity index (χ3v) is 3.64. The Balaban J connectivity index is 2.06. The van der Waals surface area contributed by atoms with Crippen LogP contribution in [-0.2, 0) is 0 Å². The first-order valence-corrected chi connectivity index (χ1v) is 6.56. The summed E-state index contributed by atoms with van der Waals surface area (Å²) in [5, 5.41) is 3.37. The van der Waals surface area contributed by atoms with E-state index in [4.69, 9.17) is 9.47 Å². The molecular formula is C13H22N4O2. The Morgan fingerprint density at radius 2 is 1.89 bits per heavy atom. The molecule has 1 aliphatic heterocycles. The molecule has 1 saturated heterocycles. The van der Waals surface area contributed by atoms with Crippen molar-refractivity contribution >= 4 is 5.95 Å². The molecule has 6 nitrogen and oxygen atoms in total. The lowest BCUT2D eigenvalue weighted by molar-refractivity contribution is 0.189.